The van der Waals surface area contributed by atoms with Gasteiger partial charge in [0.2, 0.25) is 16.8 Å². The summed E-state index contributed by atoms with van der Waals surface area (Å²) >= 11 is 0.772. The number of carboxylic acids is 1. The second kappa shape index (κ2) is 8.98. The zero-order valence-electron chi connectivity index (χ0n) is 14.4. The second-order valence-electron chi connectivity index (χ2n) is 5.27. The summed E-state index contributed by atoms with van der Waals surface area (Å²) < 4.78 is 24.3. The number of nitrogens with two attached hydrogens (primary N) is 2. The normalized spacial score (nSPS) is 10.4. The van der Waals surface area contributed by atoms with E-state index in [0.29, 0.717) is 4.31 Å². The van der Waals surface area contributed by atoms with Gasteiger partial charge in [0.25, 0.3) is 5.91 Å². The van der Waals surface area contributed by atoms with E-state index in [1.165, 1.54) is 12.1 Å². The van der Waals surface area contributed by atoms with Gasteiger partial charge in [0, 0.05) is 0 Å². The van der Waals surface area contributed by atoms with Crippen molar-refractivity contribution in [2.45, 2.75) is 0 Å². The first-order valence-electron chi connectivity index (χ1n) is 7.54. The number of amides is 2. The molecule has 29 heavy (non-hydrogen) atoms. The molecule has 8 N–H and O–H groups in total. The van der Waals surface area contributed by atoms with Gasteiger partial charge in [-0.25, -0.2) is 22.5 Å². The highest BCUT2D eigenvalue weighted by Crippen LogP contribution is 2.34. The van der Waals surface area contributed by atoms with Gasteiger partial charge >= 0.3 is 5.97 Å². The fraction of sp³-hybridized carbons (Fsp3) is 0.0714. The van der Waals surface area contributed by atoms with E-state index in [0.717, 1.165) is 22.9 Å². The fourth-order valence-corrected chi connectivity index (χ4v) is 3.78. The van der Waals surface area contributed by atoms with Crippen LogP contribution in [0.3, 0.4) is 0 Å². The Bertz CT molecular complexity index is 1060. The van der Waals surface area contributed by atoms with Crippen molar-refractivity contribution in [2.75, 3.05) is 16.2 Å². The van der Waals surface area contributed by atoms with E-state index >= 15 is 0 Å². The molecule has 0 aliphatic carbocycles. The molecule has 2 aromatic rings. The van der Waals surface area contributed by atoms with Crippen LogP contribution in [0.1, 0.15) is 20.8 Å². The standard InChI is InChI=1S/C14H15N7O6S2/c15-11(23)7-3-6(1-2-8(7)20-9(22)4-18-14(16)17)21(29(26)27)12-10(13(24)25)19-5-28-12/h1-3,5,29H,4H2,(H2,15,23)(H,20,22)(H,24,25)(H4,16,17,18). The van der Waals surface area contributed by atoms with Gasteiger partial charge in [-0.15, -0.1) is 11.3 Å². The first kappa shape index (κ1) is 21.6. The SMILES string of the molecule is N=C(N)NCC(=O)Nc1ccc(N(c2scnc2C(=O)O)[SH](=O)=O)cc1C(N)=O. The number of guanidine groups is 1. The first-order valence-corrected chi connectivity index (χ1v) is 9.55. The van der Waals surface area contributed by atoms with Crippen LogP contribution < -0.4 is 26.4 Å². The van der Waals surface area contributed by atoms with Gasteiger partial charge in [0.1, 0.15) is 5.00 Å². The Labute approximate surface area is 168 Å². The highest BCUT2D eigenvalue weighted by atomic mass is 32.2. The van der Waals surface area contributed by atoms with Crippen LogP contribution in [0.2, 0.25) is 0 Å². The zero-order chi connectivity index (χ0) is 21.7. The Kier molecular flexibility index (Phi) is 6.68. The molecule has 0 unspecified atom stereocenters. The molecule has 1 heterocycles. The summed E-state index contributed by atoms with van der Waals surface area (Å²) in [5, 5.41) is 20.7. The summed E-state index contributed by atoms with van der Waals surface area (Å²) in [5.74, 6) is -3.47. The fourth-order valence-electron chi connectivity index (χ4n) is 2.17. The number of aromatic nitrogens is 1. The van der Waals surface area contributed by atoms with Gasteiger partial charge in [-0.2, -0.15) is 0 Å². The first-order chi connectivity index (χ1) is 13.6. The van der Waals surface area contributed by atoms with E-state index in [-0.39, 0.29) is 28.5 Å². The van der Waals surface area contributed by atoms with Crippen LogP contribution in [0.5, 0.6) is 0 Å². The van der Waals surface area contributed by atoms with Crippen LogP contribution in [0.15, 0.2) is 23.7 Å². The predicted octanol–water partition coefficient (Wildman–Crippen LogP) is -0.974. The third-order valence-corrected chi connectivity index (χ3v) is 5.04. The molecule has 0 aliphatic rings. The van der Waals surface area contributed by atoms with Gasteiger partial charge in [0.05, 0.1) is 29.0 Å². The van der Waals surface area contributed by atoms with Gasteiger partial charge in [-0.3, -0.25) is 15.0 Å². The number of thiazole rings is 1. The number of aromatic carboxylic acids is 1. The summed E-state index contributed by atoms with van der Waals surface area (Å²) in [4.78, 5) is 38.6. The van der Waals surface area contributed by atoms with Crippen molar-refractivity contribution in [3.05, 3.63) is 35.0 Å². The maximum atomic E-state index is 11.9. The minimum Gasteiger partial charge on any atom is -0.476 e. The average molecular weight is 441 g/mol. The minimum absolute atomic E-state index is 0.0135. The Morgan fingerprint density at radius 3 is 2.52 bits per heavy atom. The van der Waals surface area contributed by atoms with Crippen molar-refractivity contribution in [2.24, 2.45) is 11.5 Å². The van der Waals surface area contributed by atoms with Crippen molar-refractivity contribution in [1.29, 1.82) is 5.41 Å². The maximum absolute atomic E-state index is 11.9. The Hall–Kier alpha value is -3.72. The number of nitrogens with zero attached hydrogens (tertiary/aromatic N) is 2. The van der Waals surface area contributed by atoms with E-state index < -0.39 is 40.3 Å². The molecule has 0 atom stereocenters. The topological polar surface area (TPSA) is 222 Å². The molecule has 0 aliphatic heterocycles. The van der Waals surface area contributed by atoms with Crippen LogP contribution in [-0.2, 0) is 15.7 Å². The number of rotatable bonds is 8. The van der Waals surface area contributed by atoms with Crippen molar-refractivity contribution in [3.63, 3.8) is 0 Å². The van der Waals surface area contributed by atoms with Crippen LogP contribution in [0.25, 0.3) is 0 Å². The van der Waals surface area contributed by atoms with Crippen LogP contribution in [-0.4, -0.2) is 48.8 Å². The Morgan fingerprint density at radius 1 is 1.28 bits per heavy atom. The third-order valence-electron chi connectivity index (χ3n) is 3.33. The number of benzene rings is 1. The molecule has 0 fully saturated rings. The molecule has 1 aromatic heterocycles. The number of hydrogen-bond acceptors (Lipinski definition) is 8. The number of carbonyl (C=O) groups is 3. The van der Waals surface area contributed by atoms with Crippen LogP contribution >= 0.6 is 11.3 Å². The molecule has 0 radical (unpaired) electrons. The maximum Gasteiger partial charge on any atom is 0.357 e. The number of nitrogens with one attached hydrogen (secondary N) is 3. The van der Waals surface area contributed by atoms with E-state index in [4.69, 9.17) is 16.9 Å². The summed E-state index contributed by atoms with van der Waals surface area (Å²) in [6.45, 7) is -0.351. The lowest BCUT2D eigenvalue weighted by Gasteiger charge is -2.18. The minimum atomic E-state index is -3.35. The quantitative estimate of drug-likeness (QED) is 0.152. The molecule has 0 bridgehead atoms. The van der Waals surface area contributed by atoms with Crippen molar-refractivity contribution in [1.82, 2.24) is 10.3 Å². The average Bonchev–Trinajstić information content (AvgIpc) is 3.10. The predicted molar refractivity (Wildman–Crippen MR) is 105 cm³/mol. The largest absolute Gasteiger partial charge is 0.476 e. The summed E-state index contributed by atoms with van der Waals surface area (Å²) in [7, 11) is -3.35. The van der Waals surface area contributed by atoms with Gasteiger partial charge in [0.15, 0.2) is 11.7 Å². The number of primary amides is 1. The molecule has 0 saturated heterocycles. The summed E-state index contributed by atoms with van der Waals surface area (Å²) in [6, 6.07) is 3.57. The second-order valence-corrected chi connectivity index (χ2v) is 6.98. The number of thiol groups is 1. The molecular weight excluding hydrogens is 426 g/mol. The lowest BCUT2D eigenvalue weighted by Crippen LogP contribution is -2.37. The molecule has 1 aromatic carbocycles. The molecule has 15 heteroatoms. The van der Waals surface area contributed by atoms with Crippen LogP contribution in [0, 0.1) is 5.41 Å². The molecule has 2 rings (SSSR count). The zero-order valence-corrected chi connectivity index (χ0v) is 16.1. The van der Waals surface area contributed by atoms with Crippen LogP contribution in [0.4, 0.5) is 16.4 Å². The highest BCUT2D eigenvalue weighted by Gasteiger charge is 2.24. The van der Waals surface area contributed by atoms with Gasteiger partial charge < -0.3 is 27.2 Å². The summed E-state index contributed by atoms with van der Waals surface area (Å²) in [6.07, 6.45) is 0. The molecule has 0 spiro atoms. The number of hydrogen-bond donors (Lipinski definition) is 7. The van der Waals surface area contributed by atoms with E-state index in [2.05, 4.69) is 15.6 Å². The van der Waals surface area contributed by atoms with E-state index in [9.17, 15) is 27.9 Å². The van der Waals surface area contributed by atoms with Crippen molar-refractivity contribution in [3.8, 4) is 0 Å². The number of anilines is 3. The van der Waals surface area contributed by atoms with Crippen molar-refractivity contribution < 1.29 is 27.9 Å². The monoisotopic (exact) mass is 441 g/mol. The third kappa shape index (κ3) is 5.17. The lowest BCUT2D eigenvalue weighted by atomic mass is 10.1. The number of carbonyl (C=O) groups excluding carboxylic acids is 2. The van der Waals surface area contributed by atoms with E-state index in [1.807, 2.05) is 0 Å². The lowest BCUT2D eigenvalue weighted by molar-refractivity contribution is -0.115. The molecule has 0 saturated carbocycles. The molecule has 13 nitrogen and oxygen atoms in total. The molecular formula is C14H15N7O6S2. The van der Waals surface area contributed by atoms with Gasteiger partial charge in [-0.05, 0) is 18.2 Å². The molecule has 2 amide bonds. The highest BCUT2D eigenvalue weighted by molar-refractivity contribution is 7.74. The summed E-state index contributed by atoms with van der Waals surface area (Å²) in [5.41, 5.74) is 10.8. The van der Waals surface area contributed by atoms with Gasteiger partial charge in [-0.1, -0.05) is 0 Å². The Morgan fingerprint density at radius 2 is 1.97 bits per heavy atom. The molecule has 154 valence electrons. The van der Waals surface area contributed by atoms with Crippen molar-refractivity contribution >= 4 is 62.3 Å². The smallest absolute Gasteiger partial charge is 0.357 e. The number of carboxylic acid groups (broad SMARTS) is 1. The van der Waals surface area contributed by atoms with E-state index in [1.54, 1.807) is 0 Å². The Balaban J connectivity index is 2.45.